The number of nitrogens with two attached hydrogens (primary N) is 1. The van der Waals surface area contributed by atoms with Crippen molar-refractivity contribution in [1.82, 2.24) is 9.88 Å². The van der Waals surface area contributed by atoms with Gasteiger partial charge in [0, 0.05) is 29.4 Å². The third-order valence-corrected chi connectivity index (χ3v) is 6.63. The molecule has 1 aromatic heterocycles. The summed E-state index contributed by atoms with van der Waals surface area (Å²) >= 11 is 3.68. The molecule has 6 heteroatoms. The van der Waals surface area contributed by atoms with Crippen molar-refractivity contribution in [3.63, 3.8) is 0 Å². The largest absolute Gasteiger partial charge is 0.369 e. The number of primary amides is 1. The molecule has 0 spiro atoms. The van der Waals surface area contributed by atoms with E-state index in [-0.39, 0.29) is 0 Å². The molecule has 130 valence electrons. The fourth-order valence-corrected chi connectivity index (χ4v) is 5.41. The number of carbonyl (C=O) groups excluding carboxylic acids is 1. The number of aromatic amines is 1. The van der Waals surface area contributed by atoms with Crippen molar-refractivity contribution in [2.24, 2.45) is 17.6 Å². The number of carbonyl (C=O) groups is 1. The van der Waals surface area contributed by atoms with Gasteiger partial charge in [0.2, 0.25) is 5.91 Å². The fraction of sp³-hybridized carbons (Fsp3) is 0.474. The molecule has 2 aliphatic rings. The maximum atomic E-state index is 11.5. The summed E-state index contributed by atoms with van der Waals surface area (Å²) in [4.78, 5) is 17.3. The van der Waals surface area contributed by atoms with Gasteiger partial charge in [0.05, 0.1) is 10.7 Å². The first kappa shape index (κ1) is 16.6. The van der Waals surface area contributed by atoms with E-state index in [4.69, 9.17) is 5.73 Å². The number of amides is 1. The van der Waals surface area contributed by atoms with Gasteiger partial charge in [-0.1, -0.05) is 12.1 Å². The molecule has 1 aliphatic carbocycles. The zero-order valence-electron chi connectivity index (χ0n) is 14.1. The van der Waals surface area contributed by atoms with Crippen molar-refractivity contribution < 1.29 is 4.79 Å². The van der Waals surface area contributed by atoms with E-state index < -0.39 is 11.8 Å². The van der Waals surface area contributed by atoms with Crippen molar-refractivity contribution in [2.45, 2.75) is 31.2 Å². The molecule has 1 amide bonds. The molecule has 4 atom stereocenters. The zero-order chi connectivity index (χ0) is 17.7. The van der Waals surface area contributed by atoms with Gasteiger partial charge in [-0.05, 0) is 65.4 Å². The highest BCUT2D eigenvalue weighted by molar-refractivity contribution is 9.10. The van der Waals surface area contributed by atoms with Crippen LogP contribution in [0.2, 0.25) is 0 Å². The van der Waals surface area contributed by atoms with E-state index in [0.29, 0.717) is 24.3 Å². The number of nitrogens with one attached hydrogen (secondary N) is 1. The van der Waals surface area contributed by atoms with Gasteiger partial charge in [0.15, 0.2) is 0 Å². The second kappa shape index (κ2) is 6.15. The van der Waals surface area contributed by atoms with Gasteiger partial charge in [-0.25, -0.2) is 0 Å². The number of hydrogen-bond acceptors (Lipinski definition) is 3. The normalized spacial score (nSPS) is 26.8. The lowest BCUT2D eigenvalue weighted by molar-refractivity contribution is -0.120. The molecule has 2 heterocycles. The number of nitrogens with zero attached hydrogens (tertiary/aromatic N) is 2. The lowest BCUT2D eigenvalue weighted by atomic mass is 9.71. The molecule has 3 N–H and O–H groups in total. The summed E-state index contributed by atoms with van der Waals surface area (Å²) in [5, 5.41) is 10.6. The Kier molecular flexibility index (Phi) is 4.09. The van der Waals surface area contributed by atoms with Crippen LogP contribution in [0.25, 0.3) is 10.9 Å². The fourth-order valence-electron chi connectivity index (χ4n) is 4.83. The van der Waals surface area contributed by atoms with Crippen molar-refractivity contribution in [3.8, 4) is 6.07 Å². The van der Waals surface area contributed by atoms with Gasteiger partial charge in [0.25, 0.3) is 0 Å². The lowest BCUT2D eigenvalue weighted by Gasteiger charge is -2.46. The molecule has 0 radical (unpaired) electrons. The van der Waals surface area contributed by atoms with E-state index in [2.05, 4.69) is 57.1 Å². The highest BCUT2D eigenvalue weighted by atomic mass is 79.9. The van der Waals surface area contributed by atoms with Gasteiger partial charge in [0.1, 0.15) is 5.92 Å². The second-order valence-electron chi connectivity index (χ2n) is 7.43. The van der Waals surface area contributed by atoms with E-state index in [0.717, 1.165) is 24.0 Å². The molecular weight excluding hydrogens is 380 g/mol. The molecule has 1 saturated heterocycles. The third-order valence-electron chi connectivity index (χ3n) is 5.95. The minimum Gasteiger partial charge on any atom is -0.369 e. The smallest absolute Gasteiger partial charge is 0.234 e. The molecule has 0 bridgehead atoms. The molecule has 1 fully saturated rings. The average molecular weight is 401 g/mol. The summed E-state index contributed by atoms with van der Waals surface area (Å²) in [6.45, 7) is 0.903. The van der Waals surface area contributed by atoms with Gasteiger partial charge < -0.3 is 15.6 Å². The Bertz CT molecular complexity index is 883. The predicted octanol–water partition coefficient (Wildman–Crippen LogP) is 2.91. The van der Waals surface area contributed by atoms with Gasteiger partial charge in [-0.2, -0.15) is 5.26 Å². The van der Waals surface area contributed by atoms with E-state index in [1.807, 2.05) is 0 Å². The highest BCUT2D eigenvalue weighted by Gasteiger charge is 2.40. The Balaban J connectivity index is 1.69. The Hall–Kier alpha value is -1.84. The minimum absolute atomic E-state index is 0.308. The molecule has 2 aromatic rings. The van der Waals surface area contributed by atoms with Crippen LogP contribution in [0.5, 0.6) is 0 Å². The molecule has 0 saturated carbocycles. The van der Waals surface area contributed by atoms with E-state index in [9.17, 15) is 10.1 Å². The first-order valence-corrected chi connectivity index (χ1v) is 9.47. The first-order valence-electron chi connectivity index (χ1n) is 8.67. The van der Waals surface area contributed by atoms with Crippen LogP contribution in [-0.2, 0) is 11.2 Å². The minimum atomic E-state index is -0.689. The van der Waals surface area contributed by atoms with Crippen molar-refractivity contribution in [3.05, 3.63) is 33.9 Å². The van der Waals surface area contributed by atoms with E-state index in [1.165, 1.54) is 22.0 Å². The van der Waals surface area contributed by atoms with E-state index >= 15 is 0 Å². The number of fused-ring (bicyclic) bond motifs is 2. The van der Waals surface area contributed by atoms with E-state index in [1.54, 1.807) is 0 Å². The van der Waals surface area contributed by atoms with Crippen LogP contribution in [0.4, 0.5) is 0 Å². The number of piperidine rings is 1. The van der Waals surface area contributed by atoms with Crippen LogP contribution in [0, 0.1) is 23.2 Å². The quantitative estimate of drug-likeness (QED) is 0.829. The lowest BCUT2D eigenvalue weighted by Crippen LogP contribution is -2.48. The Morgan fingerprint density at radius 1 is 1.56 bits per heavy atom. The molecule has 1 aromatic carbocycles. The molecule has 5 nitrogen and oxygen atoms in total. The number of benzene rings is 1. The van der Waals surface area contributed by atoms with Crippen molar-refractivity contribution in [2.75, 3.05) is 13.6 Å². The number of nitriles is 1. The van der Waals surface area contributed by atoms with Crippen LogP contribution in [0.1, 0.15) is 29.9 Å². The summed E-state index contributed by atoms with van der Waals surface area (Å²) in [5.74, 6) is -0.460. The number of hydrogen-bond donors (Lipinski definition) is 2. The third kappa shape index (κ3) is 2.66. The monoisotopic (exact) mass is 400 g/mol. The van der Waals surface area contributed by atoms with Gasteiger partial charge in [-0.3, -0.25) is 4.79 Å². The number of H-pyrrole nitrogens is 1. The zero-order valence-corrected chi connectivity index (χ0v) is 15.7. The summed E-state index contributed by atoms with van der Waals surface area (Å²) in [7, 11) is 2.15. The van der Waals surface area contributed by atoms with Gasteiger partial charge >= 0.3 is 0 Å². The predicted molar refractivity (Wildman–Crippen MR) is 99.9 cm³/mol. The maximum absolute atomic E-state index is 11.5. The summed E-state index contributed by atoms with van der Waals surface area (Å²) in [6.07, 6.45) is 2.57. The summed E-state index contributed by atoms with van der Waals surface area (Å²) in [5.41, 5.74) is 9.30. The van der Waals surface area contributed by atoms with Gasteiger partial charge in [-0.15, -0.1) is 0 Å². The summed E-state index contributed by atoms with van der Waals surface area (Å²) in [6, 6.07) is 8.99. The standard InChI is InChI=1S/C19H21BrN4O/c1-24-9-10(5-11(8-21)19(22)25)6-13-12-3-2-4-15-17(12)14(7-16(13)24)18(20)23-15/h2-4,10-11,13,16,23H,5-7,9H2,1H3,(H2,22,25)/t10?,11?,13-,16-/m1/s1. The maximum Gasteiger partial charge on any atom is 0.234 e. The molecule has 4 rings (SSSR count). The molecule has 2 unspecified atom stereocenters. The first-order chi connectivity index (χ1) is 12.0. The van der Waals surface area contributed by atoms with Crippen LogP contribution >= 0.6 is 15.9 Å². The number of rotatable bonds is 3. The second-order valence-corrected chi connectivity index (χ2v) is 8.22. The average Bonchev–Trinajstić information content (AvgIpc) is 2.90. The number of aromatic nitrogens is 1. The van der Waals surface area contributed by atoms with Crippen LogP contribution < -0.4 is 5.73 Å². The Morgan fingerprint density at radius 2 is 2.36 bits per heavy atom. The number of halogens is 1. The highest BCUT2D eigenvalue weighted by Crippen LogP contribution is 2.47. The molecule has 1 aliphatic heterocycles. The van der Waals surface area contributed by atoms with Crippen LogP contribution in [-0.4, -0.2) is 35.4 Å². The van der Waals surface area contributed by atoms with Crippen LogP contribution in [0.15, 0.2) is 22.8 Å². The van der Waals surface area contributed by atoms with Crippen molar-refractivity contribution in [1.29, 1.82) is 5.26 Å². The summed E-state index contributed by atoms with van der Waals surface area (Å²) < 4.78 is 1.09. The number of likely N-dealkylation sites (N-methyl/N-ethyl adjacent to an activating group) is 1. The molecular formula is C19H21BrN4O. The SMILES string of the molecule is CN1CC(CC(C#N)C(N)=O)C[C@@H]2c3cccc4[nH]c(Br)c(c34)C[C@H]21. The Labute approximate surface area is 155 Å². The van der Waals surface area contributed by atoms with Crippen molar-refractivity contribution >= 4 is 32.7 Å². The topological polar surface area (TPSA) is 85.9 Å². The number of likely N-dealkylation sites (tertiary alicyclic amines) is 1. The Morgan fingerprint density at radius 3 is 3.08 bits per heavy atom. The van der Waals surface area contributed by atoms with Crippen LogP contribution in [0.3, 0.4) is 0 Å². The molecule has 25 heavy (non-hydrogen) atoms.